The van der Waals surface area contributed by atoms with Crippen molar-refractivity contribution < 1.29 is 9.53 Å². The van der Waals surface area contributed by atoms with Crippen molar-refractivity contribution in [3.05, 3.63) is 38.9 Å². The molecule has 9 atom stereocenters. The third-order valence-corrected chi connectivity index (χ3v) is 13.4. The van der Waals surface area contributed by atoms with E-state index < -0.39 is 5.97 Å². The Morgan fingerprint density at radius 2 is 1.90 bits per heavy atom. The van der Waals surface area contributed by atoms with E-state index >= 15 is 0 Å². The van der Waals surface area contributed by atoms with Crippen molar-refractivity contribution >= 4 is 40.7 Å². The second kappa shape index (κ2) is 11.4. The van der Waals surface area contributed by atoms with Gasteiger partial charge in [0.15, 0.2) is 5.69 Å². The number of hydrogen-bond acceptors (Lipinski definition) is 4. The van der Waals surface area contributed by atoms with Crippen LogP contribution in [0.1, 0.15) is 110 Å². The Bertz CT molecular complexity index is 1130. The van der Waals surface area contributed by atoms with E-state index in [9.17, 15) is 4.79 Å². The zero-order valence-corrected chi connectivity index (χ0v) is 27.0. The lowest BCUT2D eigenvalue weighted by molar-refractivity contribution is -0.0565. The van der Waals surface area contributed by atoms with Crippen molar-refractivity contribution in [1.29, 1.82) is 0 Å². The van der Waals surface area contributed by atoms with Crippen molar-refractivity contribution in [2.75, 3.05) is 0 Å². The average molecular weight is 593 g/mol. The van der Waals surface area contributed by atoms with Gasteiger partial charge in [-0.3, -0.25) is 0 Å². The minimum Gasteiger partial charge on any atom is -0.457 e. The van der Waals surface area contributed by atoms with Crippen LogP contribution in [0.4, 0.5) is 0 Å². The Kier molecular flexibility index (Phi) is 8.70. The molecule has 1 aromatic heterocycles. The number of halogens is 2. The minimum atomic E-state index is -0.446. The molecule has 3 saturated carbocycles. The summed E-state index contributed by atoms with van der Waals surface area (Å²) in [4.78, 5) is 12.7. The Hall–Kier alpha value is -0.840. The Labute approximate surface area is 250 Å². The summed E-state index contributed by atoms with van der Waals surface area (Å²) >= 11 is 13.2. The number of nitrogens with zero attached hydrogens (tertiary/aromatic N) is 1. The molecular weight excluding hydrogens is 545 g/mol. The predicted octanol–water partition coefficient (Wildman–Crippen LogP) is 10.4. The first-order chi connectivity index (χ1) is 18.5. The minimum absolute atomic E-state index is 0.111. The zero-order chi connectivity index (χ0) is 28.1. The molecule has 0 radical (unpaired) electrons. The van der Waals surface area contributed by atoms with Gasteiger partial charge in [-0.05, 0) is 115 Å². The molecule has 0 spiro atoms. The molecule has 0 saturated heterocycles. The van der Waals surface area contributed by atoms with E-state index in [0.717, 1.165) is 54.5 Å². The number of fused-ring (bicyclic) bond motifs is 5. The number of esters is 1. The Balaban J connectivity index is 1.27. The molecular formula is C33H47Cl2NO2S. The molecule has 6 heteroatoms. The van der Waals surface area contributed by atoms with Gasteiger partial charge >= 0.3 is 5.97 Å². The van der Waals surface area contributed by atoms with E-state index in [0.29, 0.717) is 27.5 Å². The Morgan fingerprint density at radius 3 is 2.56 bits per heavy atom. The maximum Gasteiger partial charge on any atom is 0.359 e. The molecule has 0 aliphatic heterocycles. The van der Waals surface area contributed by atoms with E-state index in [2.05, 4.69) is 64.1 Å². The van der Waals surface area contributed by atoms with Gasteiger partial charge in [0.05, 0.1) is 0 Å². The van der Waals surface area contributed by atoms with Crippen LogP contribution in [0.2, 0.25) is 9.36 Å². The summed E-state index contributed by atoms with van der Waals surface area (Å²) in [7, 11) is 0. The lowest BCUT2D eigenvalue weighted by Crippen LogP contribution is -2.51. The van der Waals surface area contributed by atoms with E-state index in [1.165, 1.54) is 44.1 Å². The molecule has 0 bridgehead atoms. The number of rotatable bonds is 7. The highest BCUT2D eigenvalue weighted by Crippen LogP contribution is 2.67. The summed E-state index contributed by atoms with van der Waals surface area (Å²) < 4.78 is 10.3. The molecule has 0 unspecified atom stereocenters. The molecule has 0 aromatic carbocycles. The number of carbonyl (C=O) groups excluding carboxylic acids is 1. The van der Waals surface area contributed by atoms with Gasteiger partial charge in [0.2, 0.25) is 0 Å². The molecule has 1 aromatic rings. The summed E-state index contributed by atoms with van der Waals surface area (Å²) in [5.41, 5.74) is 2.35. The molecule has 216 valence electrons. The van der Waals surface area contributed by atoms with Crippen LogP contribution in [-0.2, 0) is 4.74 Å². The van der Waals surface area contributed by atoms with Crippen LogP contribution >= 0.6 is 34.7 Å². The molecule has 5 rings (SSSR count). The summed E-state index contributed by atoms with van der Waals surface area (Å²) in [6.07, 6.45) is 18.2. The van der Waals surface area contributed by atoms with Crippen molar-refractivity contribution in [3.63, 3.8) is 0 Å². The van der Waals surface area contributed by atoms with Gasteiger partial charge in [-0.15, -0.1) is 0 Å². The van der Waals surface area contributed by atoms with Crippen molar-refractivity contribution in [1.82, 2.24) is 4.37 Å². The monoisotopic (exact) mass is 591 g/mol. The van der Waals surface area contributed by atoms with Crippen LogP contribution in [0.15, 0.2) is 23.8 Å². The highest BCUT2D eigenvalue weighted by Gasteiger charge is 2.59. The Morgan fingerprint density at radius 1 is 1.13 bits per heavy atom. The summed E-state index contributed by atoms with van der Waals surface area (Å²) in [6, 6.07) is 0. The number of ether oxygens (including phenoxy) is 1. The fraction of sp³-hybridized carbons (Fsp3) is 0.758. The van der Waals surface area contributed by atoms with Gasteiger partial charge in [0.25, 0.3) is 0 Å². The molecule has 4 aliphatic carbocycles. The van der Waals surface area contributed by atoms with Gasteiger partial charge in [-0.1, -0.05) is 88.5 Å². The fourth-order valence-electron chi connectivity index (χ4n) is 9.51. The SMILES string of the molecule is CC[C@@H](/C=C/[C@@H](C)[C@H]1CC[C@@H]2[C@@H]3CC=C4C[C@@H](OC(=O)c5nsc(Cl)c5Cl)CC[C@]4(C)[C@@H]3CC[C@@]21C)C(C)C. The molecule has 3 nitrogen and oxygen atoms in total. The second-order valence-corrected chi connectivity index (χ2v) is 15.7. The van der Waals surface area contributed by atoms with Crippen LogP contribution in [0.5, 0.6) is 0 Å². The van der Waals surface area contributed by atoms with Gasteiger partial charge in [0.1, 0.15) is 15.5 Å². The first-order valence-electron chi connectivity index (χ1n) is 15.4. The fourth-order valence-corrected chi connectivity index (χ4v) is 10.5. The van der Waals surface area contributed by atoms with Crippen LogP contribution in [0.25, 0.3) is 0 Å². The molecule has 1 heterocycles. The smallest absolute Gasteiger partial charge is 0.359 e. The van der Waals surface area contributed by atoms with Gasteiger partial charge < -0.3 is 4.74 Å². The van der Waals surface area contributed by atoms with Gasteiger partial charge in [-0.2, -0.15) is 4.37 Å². The summed E-state index contributed by atoms with van der Waals surface area (Å²) in [5, 5.41) is 0.210. The highest BCUT2D eigenvalue weighted by atomic mass is 35.5. The van der Waals surface area contributed by atoms with Crippen LogP contribution < -0.4 is 0 Å². The standard InChI is InChI=1S/C33H47Cl2NO2S/c1-7-21(19(2)3)9-8-20(4)25-12-13-26-24-11-10-22-18-23(38-31(37)29-28(34)30(35)39-36-29)14-16-32(22,5)27(24)15-17-33(25,26)6/h8-10,19-21,23-27H,7,11-18H2,1-6H3/b9-8+/t20-,21+,23+,24+,25-,26-,27-,32+,33-/m1/s1. The summed E-state index contributed by atoms with van der Waals surface area (Å²) in [5.74, 6) is 4.77. The van der Waals surface area contributed by atoms with Crippen LogP contribution in [0, 0.1) is 52.3 Å². The average Bonchev–Trinajstić information content (AvgIpc) is 3.42. The van der Waals surface area contributed by atoms with E-state index in [4.69, 9.17) is 27.9 Å². The first kappa shape index (κ1) is 29.6. The van der Waals surface area contributed by atoms with Gasteiger partial charge in [0, 0.05) is 6.42 Å². The lowest BCUT2D eigenvalue weighted by atomic mass is 9.47. The normalized spacial score (nSPS) is 37.7. The maximum absolute atomic E-state index is 12.7. The van der Waals surface area contributed by atoms with E-state index in [1.807, 2.05) is 0 Å². The molecule has 39 heavy (non-hydrogen) atoms. The van der Waals surface area contributed by atoms with E-state index in [1.54, 1.807) is 0 Å². The van der Waals surface area contributed by atoms with Crippen LogP contribution in [-0.4, -0.2) is 16.4 Å². The molecule has 0 amide bonds. The van der Waals surface area contributed by atoms with Crippen molar-refractivity contribution in [3.8, 4) is 0 Å². The highest BCUT2D eigenvalue weighted by molar-refractivity contribution is 7.11. The molecule has 0 N–H and O–H groups in total. The quantitative estimate of drug-likeness (QED) is 0.234. The van der Waals surface area contributed by atoms with Crippen molar-refractivity contribution in [2.24, 2.45) is 52.3 Å². The number of hydrogen-bond donors (Lipinski definition) is 0. The second-order valence-electron chi connectivity index (χ2n) is 13.9. The number of aromatic nitrogens is 1. The predicted molar refractivity (Wildman–Crippen MR) is 163 cm³/mol. The molecule has 3 fully saturated rings. The van der Waals surface area contributed by atoms with Crippen molar-refractivity contribution in [2.45, 2.75) is 105 Å². The lowest BCUT2D eigenvalue weighted by Gasteiger charge is -2.58. The third-order valence-electron chi connectivity index (χ3n) is 11.8. The van der Waals surface area contributed by atoms with Gasteiger partial charge in [-0.25, -0.2) is 4.79 Å². The third kappa shape index (κ3) is 5.29. The number of carbonyl (C=O) groups is 1. The molecule has 4 aliphatic rings. The topological polar surface area (TPSA) is 39.2 Å². The van der Waals surface area contributed by atoms with Crippen LogP contribution in [0.3, 0.4) is 0 Å². The summed E-state index contributed by atoms with van der Waals surface area (Å²) in [6.45, 7) is 14.7. The van der Waals surface area contributed by atoms with E-state index in [-0.39, 0.29) is 22.2 Å². The zero-order valence-electron chi connectivity index (χ0n) is 24.6. The largest absolute Gasteiger partial charge is 0.457 e. The number of allylic oxidation sites excluding steroid dienone is 3. The first-order valence-corrected chi connectivity index (χ1v) is 16.9. The maximum atomic E-state index is 12.7.